The predicted octanol–water partition coefficient (Wildman–Crippen LogP) is 3.74. The number of aryl methyl sites for hydroxylation is 1. The molecule has 0 aliphatic rings. The molecule has 1 aromatic rings. The number of hydrogen-bond donors (Lipinski definition) is 1. The van der Waals surface area contributed by atoms with Crippen molar-refractivity contribution in [3.05, 3.63) is 29.3 Å². The van der Waals surface area contributed by atoms with Crippen LogP contribution in [0.1, 0.15) is 45.2 Å². The smallest absolute Gasteiger partial charge is 0.407 e. The zero-order valence-electron chi connectivity index (χ0n) is 15.9. The van der Waals surface area contributed by atoms with E-state index in [0.717, 1.165) is 25.3 Å². The molecule has 5 heteroatoms. The minimum Gasteiger partial charge on any atom is -0.494 e. The van der Waals surface area contributed by atoms with Crippen molar-refractivity contribution in [2.75, 3.05) is 26.7 Å². The third-order valence-corrected chi connectivity index (χ3v) is 3.56. The molecule has 1 N–H and O–H groups in total. The summed E-state index contributed by atoms with van der Waals surface area (Å²) in [5.74, 6) is 0.873. The van der Waals surface area contributed by atoms with Crippen LogP contribution < -0.4 is 10.1 Å². The fourth-order valence-corrected chi connectivity index (χ4v) is 2.08. The molecule has 0 saturated carbocycles. The Morgan fingerprint density at radius 3 is 2.62 bits per heavy atom. The van der Waals surface area contributed by atoms with Crippen LogP contribution in [0.4, 0.5) is 4.79 Å². The lowest BCUT2D eigenvalue weighted by Gasteiger charge is -2.19. The highest BCUT2D eigenvalue weighted by Gasteiger charge is 2.15. The van der Waals surface area contributed by atoms with E-state index < -0.39 is 5.60 Å². The molecule has 0 atom stereocenters. The molecule has 0 aromatic heterocycles. The molecule has 1 aromatic carbocycles. The van der Waals surface area contributed by atoms with Crippen molar-refractivity contribution in [1.82, 2.24) is 10.2 Å². The summed E-state index contributed by atoms with van der Waals surface area (Å²) < 4.78 is 11.0. The number of hydrogen-bond acceptors (Lipinski definition) is 4. The molecule has 1 amide bonds. The second kappa shape index (κ2) is 9.52. The molecule has 0 spiro atoms. The summed E-state index contributed by atoms with van der Waals surface area (Å²) in [4.78, 5) is 13.8. The lowest BCUT2D eigenvalue weighted by Crippen LogP contribution is -2.33. The molecule has 24 heavy (non-hydrogen) atoms. The normalized spacial score (nSPS) is 11.5. The summed E-state index contributed by atoms with van der Waals surface area (Å²) in [6, 6.07) is 6.18. The van der Waals surface area contributed by atoms with Crippen LogP contribution >= 0.6 is 0 Å². The van der Waals surface area contributed by atoms with Crippen LogP contribution in [0.25, 0.3) is 0 Å². The van der Waals surface area contributed by atoms with Crippen molar-refractivity contribution in [3.63, 3.8) is 0 Å². The first kappa shape index (κ1) is 20.3. The van der Waals surface area contributed by atoms with Gasteiger partial charge >= 0.3 is 6.09 Å². The average molecular weight is 336 g/mol. The number of rotatable bonds is 8. The molecule has 0 bridgehead atoms. The van der Waals surface area contributed by atoms with Gasteiger partial charge in [-0.15, -0.1) is 0 Å². The molecular weight excluding hydrogens is 304 g/mol. The molecule has 0 heterocycles. The van der Waals surface area contributed by atoms with E-state index in [-0.39, 0.29) is 6.09 Å². The Balaban J connectivity index is 2.35. The van der Waals surface area contributed by atoms with Gasteiger partial charge in [0.2, 0.25) is 0 Å². The molecule has 5 nitrogen and oxygen atoms in total. The van der Waals surface area contributed by atoms with E-state index in [2.05, 4.69) is 43.2 Å². The Labute approximate surface area is 146 Å². The Morgan fingerprint density at radius 1 is 1.29 bits per heavy atom. The van der Waals surface area contributed by atoms with Crippen LogP contribution in [-0.2, 0) is 11.3 Å². The molecule has 0 unspecified atom stereocenters. The van der Waals surface area contributed by atoms with Crippen molar-refractivity contribution >= 4 is 6.09 Å². The Hall–Kier alpha value is -1.75. The number of carbonyl (C=O) groups excluding carboxylic acids is 1. The highest BCUT2D eigenvalue weighted by atomic mass is 16.6. The van der Waals surface area contributed by atoms with Gasteiger partial charge in [-0.1, -0.05) is 13.0 Å². The van der Waals surface area contributed by atoms with Crippen LogP contribution in [0, 0.1) is 6.92 Å². The minimum absolute atomic E-state index is 0.386. The number of benzene rings is 1. The molecular formula is C19H32N2O3. The van der Waals surface area contributed by atoms with Gasteiger partial charge in [0.15, 0.2) is 0 Å². The van der Waals surface area contributed by atoms with Crippen molar-refractivity contribution in [2.24, 2.45) is 0 Å². The molecule has 1 rings (SSSR count). The Morgan fingerprint density at radius 2 is 2.00 bits per heavy atom. The van der Waals surface area contributed by atoms with E-state index in [1.54, 1.807) is 0 Å². The lowest BCUT2D eigenvalue weighted by atomic mass is 10.1. The first-order valence-electron chi connectivity index (χ1n) is 8.59. The van der Waals surface area contributed by atoms with Crippen LogP contribution in [0.3, 0.4) is 0 Å². The van der Waals surface area contributed by atoms with Gasteiger partial charge in [-0.25, -0.2) is 4.79 Å². The maximum absolute atomic E-state index is 11.5. The number of amides is 1. The van der Waals surface area contributed by atoms with Gasteiger partial charge in [0.1, 0.15) is 11.4 Å². The maximum Gasteiger partial charge on any atom is 0.407 e. The lowest BCUT2D eigenvalue weighted by molar-refractivity contribution is 0.0525. The summed E-state index contributed by atoms with van der Waals surface area (Å²) in [7, 11) is 2.11. The molecule has 0 aliphatic heterocycles. The van der Waals surface area contributed by atoms with Crippen LogP contribution in [0.2, 0.25) is 0 Å². The number of nitrogens with one attached hydrogen (secondary N) is 1. The number of ether oxygens (including phenoxy) is 2. The fraction of sp³-hybridized carbons (Fsp3) is 0.632. The van der Waals surface area contributed by atoms with E-state index in [0.29, 0.717) is 13.2 Å². The summed E-state index contributed by atoms with van der Waals surface area (Å²) >= 11 is 0. The van der Waals surface area contributed by atoms with Gasteiger partial charge in [0, 0.05) is 13.1 Å². The van der Waals surface area contributed by atoms with Crippen LogP contribution in [0.15, 0.2) is 18.2 Å². The average Bonchev–Trinajstić information content (AvgIpc) is 2.48. The van der Waals surface area contributed by atoms with E-state index in [4.69, 9.17) is 9.47 Å². The van der Waals surface area contributed by atoms with Gasteiger partial charge < -0.3 is 19.7 Å². The fourth-order valence-electron chi connectivity index (χ4n) is 2.08. The topological polar surface area (TPSA) is 50.8 Å². The summed E-state index contributed by atoms with van der Waals surface area (Å²) in [6.45, 7) is 12.8. The summed E-state index contributed by atoms with van der Waals surface area (Å²) in [6.07, 6.45) is 0.347. The quantitative estimate of drug-likeness (QED) is 0.735. The van der Waals surface area contributed by atoms with Gasteiger partial charge in [-0.05, 0) is 71.0 Å². The first-order valence-corrected chi connectivity index (χ1v) is 8.59. The number of carbonyl (C=O) groups is 1. The van der Waals surface area contributed by atoms with E-state index in [1.807, 2.05) is 26.8 Å². The molecule has 0 fully saturated rings. The highest BCUT2D eigenvalue weighted by molar-refractivity contribution is 5.67. The molecule has 0 radical (unpaired) electrons. The summed E-state index contributed by atoms with van der Waals surface area (Å²) in [5.41, 5.74) is 2.09. The van der Waals surface area contributed by atoms with Gasteiger partial charge in [-0.3, -0.25) is 0 Å². The third-order valence-electron chi connectivity index (χ3n) is 3.56. The van der Waals surface area contributed by atoms with E-state index >= 15 is 0 Å². The minimum atomic E-state index is -0.468. The zero-order valence-corrected chi connectivity index (χ0v) is 15.9. The number of alkyl carbamates (subject to hydrolysis) is 1. The first-order chi connectivity index (χ1) is 11.2. The SMILES string of the molecule is CCN(C)Cc1cc(OCCCNC(=O)OC(C)(C)C)ccc1C. The van der Waals surface area contributed by atoms with Crippen LogP contribution in [0.5, 0.6) is 5.75 Å². The maximum atomic E-state index is 11.5. The van der Waals surface area contributed by atoms with E-state index in [1.165, 1.54) is 11.1 Å². The summed E-state index contributed by atoms with van der Waals surface area (Å²) in [5, 5.41) is 2.73. The second-order valence-corrected chi connectivity index (χ2v) is 7.05. The number of nitrogens with zero attached hydrogens (tertiary/aromatic N) is 1. The van der Waals surface area contributed by atoms with Crippen molar-refractivity contribution in [3.8, 4) is 5.75 Å². The molecule has 0 saturated heterocycles. The van der Waals surface area contributed by atoms with Crippen LogP contribution in [-0.4, -0.2) is 43.3 Å². The van der Waals surface area contributed by atoms with Crippen molar-refractivity contribution in [2.45, 2.75) is 53.2 Å². The van der Waals surface area contributed by atoms with E-state index in [9.17, 15) is 4.79 Å². The highest BCUT2D eigenvalue weighted by Crippen LogP contribution is 2.19. The molecule has 0 aliphatic carbocycles. The monoisotopic (exact) mass is 336 g/mol. The van der Waals surface area contributed by atoms with Gasteiger partial charge in [0.05, 0.1) is 6.61 Å². The Bertz CT molecular complexity index is 524. The van der Waals surface area contributed by atoms with Gasteiger partial charge in [0.25, 0.3) is 0 Å². The second-order valence-electron chi connectivity index (χ2n) is 7.05. The van der Waals surface area contributed by atoms with Crippen molar-refractivity contribution < 1.29 is 14.3 Å². The van der Waals surface area contributed by atoms with Crippen molar-refractivity contribution in [1.29, 1.82) is 0 Å². The molecule has 136 valence electrons. The third kappa shape index (κ3) is 8.20. The Kier molecular flexibility index (Phi) is 8.05. The largest absolute Gasteiger partial charge is 0.494 e. The standard InChI is InChI=1S/C19H32N2O3/c1-7-21(6)14-16-13-17(10-9-15(16)2)23-12-8-11-20-18(22)24-19(3,4)5/h9-10,13H,7-8,11-12,14H2,1-6H3,(H,20,22). The van der Waals surface area contributed by atoms with Gasteiger partial charge in [-0.2, -0.15) is 0 Å². The predicted molar refractivity (Wildman–Crippen MR) is 97.5 cm³/mol. The zero-order chi connectivity index (χ0) is 18.2.